The van der Waals surface area contributed by atoms with E-state index in [4.69, 9.17) is 14.2 Å². The van der Waals surface area contributed by atoms with Crippen LogP contribution < -0.4 is 19.6 Å². The van der Waals surface area contributed by atoms with Gasteiger partial charge in [0.25, 0.3) is 17.3 Å². The van der Waals surface area contributed by atoms with Crippen molar-refractivity contribution < 1.29 is 33.6 Å². The van der Waals surface area contributed by atoms with Crippen molar-refractivity contribution in [2.24, 2.45) is 5.10 Å². The van der Waals surface area contributed by atoms with E-state index in [1.165, 1.54) is 31.5 Å². The Hall–Kier alpha value is -5.33. The molecule has 0 aliphatic carbocycles. The van der Waals surface area contributed by atoms with Crippen molar-refractivity contribution in [3.8, 4) is 17.2 Å². The smallest absolute Gasteiger partial charge is 0.344 e. The molecule has 3 aromatic rings. The molecule has 3 aromatic carbocycles. The highest BCUT2D eigenvalue weighted by molar-refractivity contribution is 5.95. The maximum absolute atomic E-state index is 12.6. The monoisotopic (exact) mass is 508 g/mol. The van der Waals surface area contributed by atoms with Gasteiger partial charge in [0.1, 0.15) is 5.75 Å². The van der Waals surface area contributed by atoms with Gasteiger partial charge in [-0.1, -0.05) is 6.07 Å². The highest BCUT2D eigenvalue weighted by Gasteiger charge is 2.22. The van der Waals surface area contributed by atoms with Crippen molar-refractivity contribution >= 4 is 29.5 Å². The highest BCUT2D eigenvalue weighted by Crippen LogP contribution is 2.30. The van der Waals surface area contributed by atoms with Crippen molar-refractivity contribution in [2.75, 3.05) is 13.7 Å². The van der Waals surface area contributed by atoms with Crippen molar-refractivity contribution in [3.05, 3.63) is 97.6 Å². The average molecular weight is 508 g/mol. The third-order valence-electron chi connectivity index (χ3n) is 4.74. The Kier molecular flexibility index (Phi) is 8.44. The molecule has 0 spiro atoms. The number of hydrogen-bond donors (Lipinski definition) is 1. The number of hydrazone groups is 1. The zero-order chi connectivity index (χ0) is 26.9. The number of benzene rings is 3. The molecule has 13 nitrogen and oxygen atoms in total. The fourth-order valence-corrected chi connectivity index (χ4v) is 3.03. The number of carbonyl (C=O) groups excluding carboxylic acids is 2. The molecule has 0 radical (unpaired) electrons. The number of nitro benzene ring substituents is 2. The zero-order valence-corrected chi connectivity index (χ0v) is 19.6. The van der Waals surface area contributed by atoms with Crippen LogP contribution in [0.15, 0.2) is 65.8 Å². The summed E-state index contributed by atoms with van der Waals surface area (Å²) in [6, 6.07) is 13.4. The van der Waals surface area contributed by atoms with Gasteiger partial charge in [0.15, 0.2) is 11.5 Å². The van der Waals surface area contributed by atoms with Crippen LogP contribution >= 0.6 is 0 Å². The first kappa shape index (κ1) is 26.3. The number of amides is 1. The van der Waals surface area contributed by atoms with Crippen molar-refractivity contribution in [2.45, 2.75) is 6.92 Å². The Morgan fingerprint density at radius 2 is 1.65 bits per heavy atom. The van der Waals surface area contributed by atoms with Crippen molar-refractivity contribution in [3.63, 3.8) is 0 Å². The topological polar surface area (TPSA) is 172 Å². The highest BCUT2D eigenvalue weighted by atomic mass is 16.6. The average Bonchev–Trinajstić information content (AvgIpc) is 2.89. The van der Waals surface area contributed by atoms with Gasteiger partial charge < -0.3 is 14.2 Å². The molecule has 13 heteroatoms. The maximum atomic E-state index is 12.6. The number of nitrogens with zero attached hydrogens (tertiary/aromatic N) is 3. The molecule has 1 N–H and O–H groups in total. The number of hydrogen-bond acceptors (Lipinski definition) is 10. The molecule has 0 aliphatic heterocycles. The van der Waals surface area contributed by atoms with Gasteiger partial charge in [0.2, 0.25) is 0 Å². The standard InChI is InChI=1S/C24H20N4O9/c1-3-36-22-9-15(14-25-26-23(29)16-5-4-6-20(12-16)35-2)7-8-21(22)37-24(30)17-10-18(27(31)32)13-19(11-17)28(33)34/h4-14H,3H2,1-2H3,(H,26,29)/b25-14+. The summed E-state index contributed by atoms with van der Waals surface area (Å²) in [4.78, 5) is 45.4. The molecule has 0 atom stereocenters. The quantitative estimate of drug-likeness (QED) is 0.140. The predicted molar refractivity (Wildman–Crippen MR) is 130 cm³/mol. The lowest BCUT2D eigenvalue weighted by atomic mass is 10.1. The molecule has 0 heterocycles. The number of rotatable bonds is 10. The van der Waals surface area contributed by atoms with Crippen molar-refractivity contribution in [1.29, 1.82) is 0 Å². The number of nitrogens with one attached hydrogen (secondary N) is 1. The second kappa shape index (κ2) is 11.9. The van der Waals surface area contributed by atoms with E-state index in [2.05, 4.69) is 10.5 Å². The summed E-state index contributed by atoms with van der Waals surface area (Å²) in [5.41, 5.74) is 1.57. The van der Waals surface area contributed by atoms with Crippen LogP contribution in [0.4, 0.5) is 11.4 Å². The molecule has 0 aliphatic rings. The molecular weight excluding hydrogens is 488 g/mol. The van der Waals surface area contributed by atoms with Crippen LogP contribution in [0.25, 0.3) is 0 Å². The van der Waals surface area contributed by atoms with E-state index < -0.39 is 33.1 Å². The lowest BCUT2D eigenvalue weighted by Crippen LogP contribution is -2.17. The summed E-state index contributed by atoms with van der Waals surface area (Å²) in [7, 11) is 1.49. The maximum Gasteiger partial charge on any atom is 0.344 e. The Labute approximate surface area is 209 Å². The second-order valence-corrected chi connectivity index (χ2v) is 7.21. The number of esters is 1. The lowest BCUT2D eigenvalue weighted by molar-refractivity contribution is -0.394. The number of ether oxygens (including phenoxy) is 3. The summed E-state index contributed by atoms with van der Waals surface area (Å²) in [5, 5.41) is 26.1. The Bertz CT molecular complexity index is 1360. The molecule has 0 saturated heterocycles. The molecule has 0 fully saturated rings. The van der Waals surface area contributed by atoms with E-state index in [1.807, 2.05) is 0 Å². The summed E-state index contributed by atoms with van der Waals surface area (Å²) < 4.78 is 15.9. The predicted octanol–water partition coefficient (Wildman–Crippen LogP) is 3.89. The summed E-state index contributed by atoms with van der Waals surface area (Å²) >= 11 is 0. The third-order valence-corrected chi connectivity index (χ3v) is 4.74. The van der Waals surface area contributed by atoms with Gasteiger partial charge in [-0.05, 0) is 48.9 Å². The van der Waals surface area contributed by atoms with E-state index in [0.717, 1.165) is 18.2 Å². The van der Waals surface area contributed by atoms with Crippen LogP contribution in [0.1, 0.15) is 33.2 Å². The molecule has 0 saturated carbocycles. The summed E-state index contributed by atoms with van der Waals surface area (Å²) in [5.74, 6) is -0.892. The second-order valence-electron chi connectivity index (χ2n) is 7.21. The van der Waals surface area contributed by atoms with Crippen LogP contribution in [-0.4, -0.2) is 41.7 Å². The van der Waals surface area contributed by atoms with Gasteiger partial charge in [-0.2, -0.15) is 5.10 Å². The molecule has 0 bridgehead atoms. The van der Waals surface area contributed by atoms with Crippen LogP contribution in [-0.2, 0) is 0 Å². The lowest BCUT2D eigenvalue weighted by Gasteiger charge is -2.11. The first-order valence-electron chi connectivity index (χ1n) is 10.6. The third kappa shape index (κ3) is 6.85. The first-order chi connectivity index (χ1) is 17.7. The number of nitro groups is 2. The molecule has 0 unspecified atom stereocenters. The van der Waals surface area contributed by atoms with Crippen LogP contribution in [0.3, 0.4) is 0 Å². The van der Waals surface area contributed by atoms with Gasteiger partial charge in [-0.3, -0.25) is 25.0 Å². The van der Waals surface area contributed by atoms with Crippen LogP contribution in [0.2, 0.25) is 0 Å². The fraction of sp³-hybridized carbons (Fsp3) is 0.125. The first-order valence-corrected chi connectivity index (χ1v) is 10.6. The largest absolute Gasteiger partial charge is 0.497 e. The van der Waals surface area contributed by atoms with Gasteiger partial charge in [-0.25, -0.2) is 10.2 Å². The van der Waals surface area contributed by atoms with E-state index in [9.17, 15) is 29.8 Å². The summed E-state index contributed by atoms with van der Waals surface area (Å²) in [6.07, 6.45) is 1.34. The van der Waals surface area contributed by atoms with Crippen molar-refractivity contribution in [1.82, 2.24) is 5.43 Å². The molecule has 37 heavy (non-hydrogen) atoms. The van der Waals surface area contributed by atoms with Gasteiger partial charge in [0.05, 0.1) is 41.4 Å². The normalized spacial score (nSPS) is 10.5. The van der Waals surface area contributed by atoms with Crippen LogP contribution in [0.5, 0.6) is 17.2 Å². The SMILES string of the molecule is CCOc1cc(/C=N/NC(=O)c2cccc(OC)c2)ccc1OC(=O)c1cc([N+](=O)[O-])cc([N+](=O)[O-])c1. The Balaban J connectivity index is 1.78. The molecule has 0 aromatic heterocycles. The number of non-ortho nitro benzene ring substituents is 2. The van der Waals surface area contributed by atoms with E-state index in [1.54, 1.807) is 31.2 Å². The molecular formula is C24H20N4O9. The molecule has 3 rings (SSSR count). The summed E-state index contributed by atoms with van der Waals surface area (Å²) in [6.45, 7) is 1.91. The minimum atomic E-state index is -1.06. The number of carbonyl (C=O) groups is 2. The van der Waals surface area contributed by atoms with Gasteiger partial charge in [-0.15, -0.1) is 0 Å². The fourth-order valence-electron chi connectivity index (χ4n) is 3.03. The van der Waals surface area contributed by atoms with Gasteiger partial charge in [0, 0.05) is 17.7 Å². The van der Waals surface area contributed by atoms with Gasteiger partial charge >= 0.3 is 5.97 Å². The van der Waals surface area contributed by atoms with E-state index >= 15 is 0 Å². The number of methoxy groups -OCH3 is 1. The molecule has 190 valence electrons. The van der Waals surface area contributed by atoms with E-state index in [0.29, 0.717) is 16.9 Å². The van der Waals surface area contributed by atoms with E-state index in [-0.39, 0.29) is 23.7 Å². The minimum absolute atomic E-state index is 0.0291. The zero-order valence-electron chi connectivity index (χ0n) is 19.6. The Morgan fingerprint density at radius 3 is 2.27 bits per heavy atom. The van der Waals surface area contributed by atoms with Crippen LogP contribution in [0, 0.1) is 20.2 Å². The minimum Gasteiger partial charge on any atom is -0.497 e. The molecule has 1 amide bonds. The Morgan fingerprint density at radius 1 is 0.946 bits per heavy atom.